The van der Waals surface area contributed by atoms with Gasteiger partial charge in [-0.05, 0) is 0 Å². The van der Waals surface area contributed by atoms with E-state index in [4.69, 9.17) is 0 Å². The molecule has 0 unspecified atom stereocenters. The smallest absolute Gasteiger partial charge is 1.00 e. The molecule has 0 atom stereocenters. The molecule has 0 bridgehead atoms. The van der Waals surface area contributed by atoms with Crippen LogP contribution in [0.3, 0.4) is 0 Å². The number of halogens is 1. The molecule has 97 valence electrons. The summed E-state index contributed by atoms with van der Waals surface area (Å²) in [7, 11) is 0. The largest absolute Gasteiger partial charge is 3.00 e. The summed E-state index contributed by atoms with van der Waals surface area (Å²) in [4.78, 5) is 0. The van der Waals surface area contributed by atoms with Gasteiger partial charge < -0.3 is 23.0 Å². The van der Waals surface area contributed by atoms with Gasteiger partial charge in [0.1, 0.15) is 0 Å². The van der Waals surface area contributed by atoms with E-state index in [1.807, 2.05) is 0 Å². The van der Waals surface area contributed by atoms with Crippen molar-refractivity contribution >= 4 is 0 Å². The van der Waals surface area contributed by atoms with E-state index < -0.39 is 0 Å². The normalized spacial score (nSPS) is 9.75. The van der Waals surface area contributed by atoms with Gasteiger partial charge in [0.2, 0.25) is 0 Å². The second-order valence-corrected chi connectivity index (χ2v) is 4.67. The summed E-state index contributed by atoms with van der Waals surface area (Å²) >= 11 is 0. The number of nitrogens with zero attached hydrogens (tertiary/aromatic N) is 2. The third-order valence-corrected chi connectivity index (χ3v) is 1.19. The van der Waals surface area contributed by atoms with Gasteiger partial charge in [0.25, 0.3) is 0 Å². The third-order valence-electron chi connectivity index (χ3n) is 1.19. The summed E-state index contributed by atoms with van der Waals surface area (Å²) in [6.45, 7) is 16.8. The van der Waals surface area contributed by atoms with Gasteiger partial charge in [-0.15, -0.1) is 24.2 Å². The standard InChI is InChI=1S/2C6H14N.ClH.Nd/c2*1-5(2)7-6(3)4;;/h2*5-6H,1-4H3;1H;/q2*-1;;+3/p-1. The van der Waals surface area contributed by atoms with E-state index >= 15 is 0 Å². The van der Waals surface area contributed by atoms with Gasteiger partial charge in [-0.1, -0.05) is 55.4 Å². The molecule has 0 saturated carbocycles. The van der Waals surface area contributed by atoms with Gasteiger partial charge in [-0.3, -0.25) is 0 Å². The van der Waals surface area contributed by atoms with E-state index in [1.165, 1.54) is 0 Å². The zero-order valence-corrected chi connectivity index (χ0v) is 16.0. The van der Waals surface area contributed by atoms with E-state index in [9.17, 15) is 0 Å². The fourth-order valence-electron chi connectivity index (χ4n) is 1.19. The van der Waals surface area contributed by atoms with Crippen molar-refractivity contribution in [3.8, 4) is 0 Å². The first kappa shape index (κ1) is 26.2. The van der Waals surface area contributed by atoms with E-state index in [2.05, 4.69) is 66.0 Å². The fraction of sp³-hybridized carbons (Fsp3) is 1.00. The Morgan fingerprint density at radius 3 is 0.625 bits per heavy atom. The molecule has 2 nitrogen and oxygen atoms in total. The topological polar surface area (TPSA) is 28.2 Å². The maximum Gasteiger partial charge on any atom is 3.00 e. The predicted octanol–water partition coefficient (Wildman–Crippen LogP) is 1.36. The number of hydrogen-bond acceptors (Lipinski definition) is 0. The van der Waals surface area contributed by atoms with Crippen molar-refractivity contribution in [2.75, 3.05) is 0 Å². The summed E-state index contributed by atoms with van der Waals surface area (Å²) in [6.07, 6.45) is 0. The van der Waals surface area contributed by atoms with Crippen LogP contribution in [0.15, 0.2) is 0 Å². The molecular weight excluding hydrogens is 352 g/mol. The Morgan fingerprint density at radius 2 is 0.625 bits per heavy atom. The van der Waals surface area contributed by atoms with Crippen LogP contribution in [-0.4, -0.2) is 24.2 Å². The van der Waals surface area contributed by atoms with Crippen LogP contribution >= 0.6 is 0 Å². The fourth-order valence-corrected chi connectivity index (χ4v) is 1.19. The number of hydrogen-bond donors (Lipinski definition) is 0. The first-order valence-electron chi connectivity index (χ1n) is 5.65. The van der Waals surface area contributed by atoms with Crippen LogP contribution in [0, 0.1) is 40.8 Å². The van der Waals surface area contributed by atoms with E-state index in [0.717, 1.165) is 0 Å². The Bertz CT molecular complexity index is 91.6. The third kappa shape index (κ3) is 36.1. The van der Waals surface area contributed by atoms with Crippen LogP contribution in [0.5, 0.6) is 0 Å². The van der Waals surface area contributed by atoms with Crippen LogP contribution < -0.4 is 12.4 Å². The molecule has 0 heterocycles. The molecule has 0 fully saturated rings. The Kier molecular flexibility index (Phi) is 27.1. The monoisotopic (exact) mass is 377 g/mol. The van der Waals surface area contributed by atoms with Crippen molar-refractivity contribution in [1.29, 1.82) is 0 Å². The molecule has 0 rings (SSSR count). The summed E-state index contributed by atoms with van der Waals surface area (Å²) in [5.41, 5.74) is 0. The summed E-state index contributed by atoms with van der Waals surface area (Å²) in [5.74, 6) is 0. The van der Waals surface area contributed by atoms with Crippen LogP contribution in [-0.2, 0) is 0 Å². The molecule has 0 aromatic carbocycles. The Hall–Kier alpha value is 1.56. The second-order valence-electron chi connectivity index (χ2n) is 4.67. The Balaban J connectivity index is -0.0000000800. The predicted molar refractivity (Wildman–Crippen MR) is 67.3 cm³/mol. The zero-order chi connectivity index (χ0) is 11.7. The van der Waals surface area contributed by atoms with Gasteiger partial charge in [0.05, 0.1) is 0 Å². The molecule has 4 heteroatoms. The van der Waals surface area contributed by atoms with Gasteiger partial charge >= 0.3 is 40.8 Å². The van der Waals surface area contributed by atoms with E-state index in [0.29, 0.717) is 24.2 Å². The van der Waals surface area contributed by atoms with Crippen LogP contribution in [0.1, 0.15) is 55.4 Å². The minimum atomic E-state index is 0. The van der Waals surface area contributed by atoms with Crippen molar-refractivity contribution in [1.82, 2.24) is 0 Å². The minimum absolute atomic E-state index is 0. The molecule has 1 radical (unpaired) electrons. The summed E-state index contributed by atoms with van der Waals surface area (Å²) < 4.78 is 0. The molecule has 0 aromatic heterocycles. The van der Waals surface area contributed by atoms with E-state index in [-0.39, 0.29) is 53.2 Å². The van der Waals surface area contributed by atoms with Crippen molar-refractivity contribution < 1.29 is 53.2 Å². The molecular formula is C12H28ClN2Nd. The van der Waals surface area contributed by atoms with Gasteiger partial charge in [0.15, 0.2) is 0 Å². The molecule has 16 heavy (non-hydrogen) atoms. The first-order valence-corrected chi connectivity index (χ1v) is 5.65. The van der Waals surface area contributed by atoms with Gasteiger partial charge in [-0.2, -0.15) is 0 Å². The molecule has 0 spiro atoms. The molecule has 0 aliphatic heterocycles. The average Bonchev–Trinajstić information content (AvgIpc) is 1.79. The van der Waals surface area contributed by atoms with Crippen molar-refractivity contribution in [2.24, 2.45) is 0 Å². The molecule has 0 aliphatic carbocycles. The van der Waals surface area contributed by atoms with Gasteiger partial charge in [0, 0.05) is 0 Å². The summed E-state index contributed by atoms with van der Waals surface area (Å²) in [5, 5.41) is 8.56. The van der Waals surface area contributed by atoms with E-state index in [1.54, 1.807) is 0 Å². The SMILES string of the molecule is CC(C)[N-]C(C)C.CC(C)[N-]C(C)C.[Cl-].[Nd+3]. The first-order chi connectivity index (χ1) is 6.25. The minimum Gasteiger partial charge on any atom is -1.00 e. The van der Waals surface area contributed by atoms with Gasteiger partial charge in [-0.25, -0.2) is 0 Å². The molecule has 0 saturated heterocycles. The van der Waals surface area contributed by atoms with Crippen LogP contribution in [0.2, 0.25) is 0 Å². The summed E-state index contributed by atoms with van der Waals surface area (Å²) in [6, 6.07) is 2.00. The average molecular weight is 380 g/mol. The maximum absolute atomic E-state index is 4.28. The van der Waals surface area contributed by atoms with Crippen LogP contribution in [0.4, 0.5) is 0 Å². The molecule has 0 aliphatic rings. The van der Waals surface area contributed by atoms with Crippen molar-refractivity contribution in [3.63, 3.8) is 0 Å². The molecule has 0 N–H and O–H groups in total. The van der Waals surface area contributed by atoms with Crippen LogP contribution in [0.25, 0.3) is 10.6 Å². The zero-order valence-electron chi connectivity index (χ0n) is 12.1. The Morgan fingerprint density at radius 1 is 0.500 bits per heavy atom. The van der Waals surface area contributed by atoms with Crippen molar-refractivity contribution in [2.45, 2.75) is 79.6 Å². The quantitative estimate of drug-likeness (QED) is 0.705. The maximum atomic E-state index is 4.28. The second kappa shape index (κ2) is 16.6. The Labute approximate surface area is 142 Å². The molecule has 0 aromatic rings. The molecule has 0 amide bonds. The van der Waals surface area contributed by atoms with Crippen molar-refractivity contribution in [3.05, 3.63) is 10.6 Å². The number of rotatable bonds is 4.